The second-order valence-corrected chi connectivity index (χ2v) is 4.85. The van der Waals surface area contributed by atoms with E-state index in [2.05, 4.69) is 9.97 Å². The molecule has 0 saturated carbocycles. The number of aromatic nitrogens is 2. The summed E-state index contributed by atoms with van der Waals surface area (Å²) in [7, 11) is 1.86. The van der Waals surface area contributed by atoms with Crippen molar-refractivity contribution in [3.05, 3.63) is 20.3 Å². The van der Waals surface area contributed by atoms with E-state index in [9.17, 15) is 4.79 Å². The van der Waals surface area contributed by atoms with Crippen LogP contribution in [0, 0.1) is 3.57 Å². The third kappa shape index (κ3) is 2.84. The maximum absolute atomic E-state index is 11.3. The number of halogens is 2. The number of aromatic amines is 1. The van der Waals surface area contributed by atoms with Gasteiger partial charge in [-0.15, -0.1) is 11.6 Å². The molecular weight excluding hydrogens is 316 g/mol. The van der Waals surface area contributed by atoms with E-state index in [4.69, 9.17) is 11.6 Å². The summed E-state index contributed by atoms with van der Waals surface area (Å²) in [5, 5.41) is 0.0249. The summed E-state index contributed by atoms with van der Waals surface area (Å²) < 4.78 is 0.588. The Balaban J connectivity index is 2.95. The quantitative estimate of drug-likeness (QED) is 0.675. The second-order valence-electron chi connectivity index (χ2n) is 3.03. The highest BCUT2D eigenvalue weighted by molar-refractivity contribution is 14.1. The third-order valence-electron chi connectivity index (χ3n) is 1.67. The highest BCUT2D eigenvalue weighted by Gasteiger charge is 2.11. The first-order valence-electron chi connectivity index (χ1n) is 4.10. The van der Waals surface area contributed by atoms with Crippen molar-refractivity contribution in [1.82, 2.24) is 9.97 Å². The zero-order valence-electron chi connectivity index (χ0n) is 7.92. The van der Waals surface area contributed by atoms with E-state index in [1.807, 2.05) is 41.5 Å². The summed E-state index contributed by atoms with van der Waals surface area (Å²) in [5.41, 5.74) is -0.121. The van der Waals surface area contributed by atoms with Gasteiger partial charge in [-0.3, -0.25) is 4.79 Å². The molecule has 0 spiro atoms. The molecule has 78 valence electrons. The molecule has 6 heteroatoms. The summed E-state index contributed by atoms with van der Waals surface area (Å²) >= 11 is 7.83. The normalized spacial score (nSPS) is 12.6. The first kappa shape index (κ1) is 11.8. The predicted octanol–water partition coefficient (Wildman–Crippen LogP) is 1.44. The van der Waals surface area contributed by atoms with Crippen molar-refractivity contribution in [2.45, 2.75) is 12.3 Å². The molecule has 0 saturated heterocycles. The minimum Gasteiger partial charge on any atom is -0.357 e. The maximum atomic E-state index is 11.3. The van der Waals surface area contributed by atoms with Gasteiger partial charge in [0.05, 0.1) is 6.33 Å². The van der Waals surface area contributed by atoms with Gasteiger partial charge in [-0.1, -0.05) is 0 Å². The third-order valence-corrected chi connectivity index (χ3v) is 2.78. The molecule has 1 atom stereocenters. The average molecular weight is 328 g/mol. The first-order chi connectivity index (χ1) is 6.52. The average Bonchev–Trinajstić information content (AvgIpc) is 2.08. The lowest BCUT2D eigenvalue weighted by molar-refractivity contribution is 0.834. The molecule has 0 radical (unpaired) electrons. The van der Waals surface area contributed by atoms with Gasteiger partial charge in [0.15, 0.2) is 0 Å². The molecule has 0 fully saturated rings. The molecule has 1 rings (SSSR count). The largest absolute Gasteiger partial charge is 0.357 e. The van der Waals surface area contributed by atoms with Gasteiger partial charge in [-0.05, 0) is 29.5 Å². The molecule has 0 bridgehead atoms. The van der Waals surface area contributed by atoms with Crippen molar-refractivity contribution < 1.29 is 0 Å². The molecular formula is C8H11ClIN3O. The Kier molecular flexibility index (Phi) is 4.18. The fraction of sp³-hybridized carbons (Fsp3) is 0.500. The van der Waals surface area contributed by atoms with Crippen molar-refractivity contribution >= 4 is 40.0 Å². The SMILES string of the molecule is CC(Cl)CN(C)c1nc[nH]c(=O)c1I. The molecule has 0 amide bonds. The van der Waals surface area contributed by atoms with Gasteiger partial charge in [0.25, 0.3) is 5.56 Å². The van der Waals surface area contributed by atoms with Crippen LogP contribution < -0.4 is 10.5 Å². The van der Waals surface area contributed by atoms with Crippen LogP contribution in [0.4, 0.5) is 5.82 Å². The smallest absolute Gasteiger partial charge is 0.266 e. The molecule has 1 heterocycles. The van der Waals surface area contributed by atoms with Gasteiger partial charge < -0.3 is 9.88 Å². The molecule has 0 aromatic carbocycles. The van der Waals surface area contributed by atoms with Gasteiger partial charge in [-0.2, -0.15) is 0 Å². The predicted molar refractivity (Wildman–Crippen MR) is 66.2 cm³/mol. The summed E-state index contributed by atoms with van der Waals surface area (Å²) in [6.45, 7) is 2.56. The van der Waals surface area contributed by atoms with Gasteiger partial charge in [0.2, 0.25) is 0 Å². The lowest BCUT2D eigenvalue weighted by Gasteiger charge is -2.19. The number of anilines is 1. The van der Waals surface area contributed by atoms with E-state index in [1.54, 1.807) is 0 Å². The molecule has 14 heavy (non-hydrogen) atoms. The first-order valence-corrected chi connectivity index (χ1v) is 5.62. The molecule has 4 nitrogen and oxygen atoms in total. The van der Waals surface area contributed by atoms with Crippen LogP contribution in [0.5, 0.6) is 0 Å². The molecule has 0 aliphatic carbocycles. The number of hydrogen-bond acceptors (Lipinski definition) is 3. The van der Waals surface area contributed by atoms with Crippen molar-refractivity contribution in [1.29, 1.82) is 0 Å². The van der Waals surface area contributed by atoms with E-state index >= 15 is 0 Å². The summed E-state index contributed by atoms with van der Waals surface area (Å²) in [6.07, 6.45) is 1.40. The van der Waals surface area contributed by atoms with E-state index in [0.29, 0.717) is 15.9 Å². The van der Waals surface area contributed by atoms with Crippen LogP contribution in [0.1, 0.15) is 6.92 Å². The molecule has 1 unspecified atom stereocenters. The second kappa shape index (κ2) is 4.97. The number of H-pyrrole nitrogens is 1. The fourth-order valence-electron chi connectivity index (χ4n) is 1.10. The molecule has 1 aromatic heterocycles. The van der Waals surface area contributed by atoms with E-state index in [-0.39, 0.29) is 10.9 Å². The zero-order chi connectivity index (χ0) is 10.7. The van der Waals surface area contributed by atoms with Crippen LogP contribution in [0.3, 0.4) is 0 Å². The number of nitrogens with one attached hydrogen (secondary N) is 1. The number of rotatable bonds is 3. The maximum Gasteiger partial charge on any atom is 0.266 e. The van der Waals surface area contributed by atoms with Gasteiger partial charge >= 0.3 is 0 Å². The highest BCUT2D eigenvalue weighted by atomic mass is 127. The van der Waals surface area contributed by atoms with Gasteiger partial charge in [0.1, 0.15) is 9.39 Å². The summed E-state index contributed by atoms with van der Waals surface area (Å²) in [4.78, 5) is 19.7. The number of hydrogen-bond donors (Lipinski definition) is 1. The number of nitrogens with zero attached hydrogens (tertiary/aromatic N) is 2. The van der Waals surface area contributed by atoms with Crippen LogP contribution in [0.25, 0.3) is 0 Å². The summed E-state index contributed by atoms with van der Waals surface area (Å²) in [5.74, 6) is 0.668. The number of alkyl halides is 1. The van der Waals surface area contributed by atoms with Crippen LogP contribution in [-0.4, -0.2) is 28.9 Å². The topological polar surface area (TPSA) is 49.0 Å². The Hall–Kier alpha value is -0.300. The Morgan fingerprint density at radius 3 is 3.00 bits per heavy atom. The van der Waals surface area contributed by atoms with Crippen molar-refractivity contribution in [3.63, 3.8) is 0 Å². The van der Waals surface area contributed by atoms with Crippen LogP contribution in [0.2, 0.25) is 0 Å². The van der Waals surface area contributed by atoms with E-state index in [1.165, 1.54) is 6.33 Å². The standard InChI is InChI=1S/C8H11ClIN3O/c1-5(9)3-13(2)7-6(10)8(14)12-4-11-7/h4-5H,3H2,1-2H3,(H,11,12,14). The lowest BCUT2D eigenvalue weighted by Crippen LogP contribution is -2.28. The highest BCUT2D eigenvalue weighted by Crippen LogP contribution is 2.14. The van der Waals surface area contributed by atoms with E-state index in [0.717, 1.165) is 0 Å². The summed E-state index contributed by atoms with van der Waals surface area (Å²) in [6, 6.07) is 0. The van der Waals surface area contributed by atoms with Crippen molar-refractivity contribution in [3.8, 4) is 0 Å². The van der Waals surface area contributed by atoms with Crippen molar-refractivity contribution in [2.75, 3.05) is 18.5 Å². The Morgan fingerprint density at radius 1 is 1.79 bits per heavy atom. The fourth-order valence-corrected chi connectivity index (χ4v) is 2.02. The van der Waals surface area contributed by atoms with Crippen LogP contribution in [0.15, 0.2) is 11.1 Å². The minimum absolute atomic E-state index is 0.0249. The molecule has 1 N–H and O–H groups in total. The Morgan fingerprint density at radius 2 is 2.43 bits per heavy atom. The lowest BCUT2D eigenvalue weighted by atomic mass is 10.4. The van der Waals surface area contributed by atoms with Crippen molar-refractivity contribution in [2.24, 2.45) is 0 Å². The van der Waals surface area contributed by atoms with Gasteiger partial charge in [0, 0.05) is 19.0 Å². The minimum atomic E-state index is -0.121. The zero-order valence-corrected chi connectivity index (χ0v) is 10.8. The Labute approximate surface area is 101 Å². The monoisotopic (exact) mass is 327 g/mol. The molecule has 1 aromatic rings. The molecule has 0 aliphatic rings. The molecule has 0 aliphatic heterocycles. The van der Waals surface area contributed by atoms with Crippen LogP contribution >= 0.6 is 34.2 Å². The Bertz CT molecular complexity index is 366. The van der Waals surface area contributed by atoms with Gasteiger partial charge in [-0.25, -0.2) is 4.98 Å². The van der Waals surface area contributed by atoms with Crippen LogP contribution in [-0.2, 0) is 0 Å². The van der Waals surface area contributed by atoms with E-state index < -0.39 is 0 Å².